The number of rotatable bonds is 7. The Morgan fingerprint density at radius 2 is 1.93 bits per heavy atom. The van der Waals surface area contributed by atoms with E-state index < -0.39 is 6.04 Å². The van der Waals surface area contributed by atoms with Crippen molar-refractivity contribution in [2.75, 3.05) is 12.4 Å². The summed E-state index contributed by atoms with van der Waals surface area (Å²) in [5.74, 6) is 1.03. The zero-order chi connectivity index (χ0) is 21.5. The fraction of sp³-hybridized carbons (Fsp3) is 0.174. The molecule has 0 aliphatic heterocycles. The Labute approximate surface area is 175 Å². The van der Waals surface area contributed by atoms with Crippen molar-refractivity contribution >= 4 is 23.6 Å². The third-order valence-electron chi connectivity index (χ3n) is 4.49. The van der Waals surface area contributed by atoms with E-state index in [9.17, 15) is 9.59 Å². The maximum Gasteiger partial charge on any atom is 0.244 e. The van der Waals surface area contributed by atoms with E-state index in [0.29, 0.717) is 17.3 Å². The molecule has 1 aromatic heterocycles. The number of benzene rings is 2. The van der Waals surface area contributed by atoms with Crippen molar-refractivity contribution in [2.45, 2.75) is 13.0 Å². The summed E-state index contributed by atoms with van der Waals surface area (Å²) in [5.41, 5.74) is 2.41. The van der Waals surface area contributed by atoms with Crippen LogP contribution in [-0.4, -0.2) is 28.5 Å². The molecule has 1 heterocycles. The number of aryl methyl sites for hydroxylation is 1. The second-order valence-electron chi connectivity index (χ2n) is 6.75. The number of aromatic nitrogens is 2. The van der Waals surface area contributed by atoms with Gasteiger partial charge in [-0.15, -0.1) is 0 Å². The van der Waals surface area contributed by atoms with E-state index in [0.717, 1.165) is 11.1 Å². The van der Waals surface area contributed by atoms with E-state index in [1.54, 1.807) is 31.5 Å². The first kappa shape index (κ1) is 20.9. The van der Waals surface area contributed by atoms with Crippen molar-refractivity contribution < 1.29 is 14.3 Å². The maximum absolute atomic E-state index is 12.7. The normalized spacial score (nSPS) is 11.8. The summed E-state index contributed by atoms with van der Waals surface area (Å²) in [6, 6.07) is 14.3. The van der Waals surface area contributed by atoms with Gasteiger partial charge in [0, 0.05) is 38.1 Å². The van der Waals surface area contributed by atoms with E-state index in [4.69, 9.17) is 4.74 Å². The van der Waals surface area contributed by atoms with Gasteiger partial charge >= 0.3 is 0 Å². The molecule has 154 valence electrons. The molecule has 2 aromatic carbocycles. The number of amides is 2. The second-order valence-corrected chi connectivity index (χ2v) is 6.75. The molecule has 2 N–H and O–H groups in total. The molecule has 1 unspecified atom stereocenters. The smallest absolute Gasteiger partial charge is 0.244 e. The summed E-state index contributed by atoms with van der Waals surface area (Å²) < 4.78 is 7.19. The second kappa shape index (κ2) is 9.56. The number of nitrogens with one attached hydrogen (secondary N) is 2. The van der Waals surface area contributed by atoms with Crippen molar-refractivity contribution in [3.05, 3.63) is 84.0 Å². The van der Waals surface area contributed by atoms with Gasteiger partial charge < -0.3 is 19.9 Å². The van der Waals surface area contributed by atoms with Crippen LogP contribution in [-0.2, 0) is 16.6 Å². The summed E-state index contributed by atoms with van der Waals surface area (Å²) in [4.78, 5) is 28.2. The number of imidazole rings is 1. The predicted octanol–water partition coefficient (Wildman–Crippen LogP) is 3.31. The van der Waals surface area contributed by atoms with Crippen LogP contribution in [0.4, 0.5) is 5.69 Å². The lowest BCUT2D eigenvalue weighted by molar-refractivity contribution is -0.117. The molecule has 0 saturated carbocycles. The Morgan fingerprint density at radius 3 is 2.57 bits per heavy atom. The van der Waals surface area contributed by atoms with Crippen LogP contribution >= 0.6 is 0 Å². The van der Waals surface area contributed by atoms with Gasteiger partial charge in [0.2, 0.25) is 11.8 Å². The summed E-state index contributed by atoms with van der Waals surface area (Å²) in [6.45, 7) is 1.46. The summed E-state index contributed by atoms with van der Waals surface area (Å²) in [5, 5.41) is 5.72. The van der Waals surface area contributed by atoms with Crippen LogP contribution in [0.3, 0.4) is 0 Å². The molecule has 7 nitrogen and oxygen atoms in total. The largest absolute Gasteiger partial charge is 0.497 e. The van der Waals surface area contributed by atoms with E-state index in [2.05, 4.69) is 15.6 Å². The minimum atomic E-state index is -0.431. The number of anilines is 1. The zero-order valence-corrected chi connectivity index (χ0v) is 17.1. The lowest BCUT2D eigenvalue weighted by Gasteiger charge is -2.19. The molecule has 3 rings (SSSR count). The molecule has 0 radical (unpaired) electrons. The van der Waals surface area contributed by atoms with Crippen molar-refractivity contribution in [2.24, 2.45) is 7.05 Å². The Balaban J connectivity index is 1.77. The van der Waals surface area contributed by atoms with E-state index in [1.807, 2.05) is 54.2 Å². The molecular formula is C23H24N4O3. The third-order valence-corrected chi connectivity index (χ3v) is 4.49. The Kier molecular flexibility index (Phi) is 6.64. The summed E-state index contributed by atoms with van der Waals surface area (Å²) in [6.07, 6.45) is 6.72. The third kappa shape index (κ3) is 5.35. The van der Waals surface area contributed by atoms with E-state index in [-0.39, 0.29) is 11.8 Å². The molecular weight excluding hydrogens is 380 g/mol. The maximum atomic E-state index is 12.7. The monoisotopic (exact) mass is 404 g/mol. The standard InChI is InChI=1S/C23H24N4O3/c1-16(28)25-19-10-7-17(8-11-19)9-12-21(29)26-22(23-24-13-14-27(23)2)18-5-4-6-20(15-18)30-3/h4-15,22H,1-3H3,(H,25,28)(H,26,29)/b12-9+. The van der Waals surface area contributed by atoms with Gasteiger partial charge in [0.05, 0.1) is 7.11 Å². The molecule has 30 heavy (non-hydrogen) atoms. The Bertz CT molecular complexity index is 1050. The number of ether oxygens (including phenoxy) is 1. The number of nitrogens with zero attached hydrogens (tertiary/aromatic N) is 2. The quantitative estimate of drug-likeness (QED) is 0.592. The van der Waals surface area contributed by atoms with Gasteiger partial charge in [-0.05, 0) is 41.5 Å². The molecule has 0 fully saturated rings. The van der Waals surface area contributed by atoms with E-state index >= 15 is 0 Å². The van der Waals surface area contributed by atoms with Crippen molar-refractivity contribution in [3.63, 3.8) is 0 Å². The SMILES string of the molecule is COc1cccc(C(NC(=O)/C=C/c2ccc(NC(C)=O)cc2)c2nccn2C)c1. The highest BCUT2D eigenvalue weighted by Crippen LogP contribution is 2.24. The number of hydrogen-bond donors (Lipinski definition) is 2. The Morgan fingerprint density at radius 1 is 1.17 bits per heavy atom. The van der Waals surface area contributed by atoms with Gasteiger partial charge in [-0.25, -0.2) is 4.98 Å². The van der Waals surface area contributed by atoms with Gasteiger partial charge in [-0.2, -0.15) is 0 Å². The topological polar surface area (TPSA) is 85.2 Å². The first-order valence-corrected chi connectivity index (χ1v) is 9.43. The van der Waals surface area contributed by atoms with Crippen LogP contribution in [0.5, 0.6) is 5.75 Å². The molecule has 0 aliphatic carbocycles. The molecule has 0 aliphatic rings. The van der Waals surface area contributed by atoms with Crippen LogP contribution in [0, 0.1) is 0 Å². The highest BCUT2D eigenvalue weighted by molar-refractivity contribution is 5.92. The predicted molar refractivity (Wildman–Crippen MR) is 116 cm³/mol. The summed E-state index contributed by atoms with van der Waals surface area (Å²) in [7, 11) is 3.49. The molecule has 3 aromatic rings. The van der Waals surface area contributed by atoms with Gasteiger partial charge in [-0.3, -0.25) is 9.59 Å². The van der Waals surface area contributed by atoms with Crippen molar-refractivity contribution in [1.29, 1.82) is 0 Å². The molecule has 1 atom stereocenters. The van der Waals surface area contributed by atoms with Crippen LogP contribution < -0.4 is 15.4 Å². The van der Waals surface area contributed by atoms with Gasteiger partial charge in [0.25, 0.3) is 0 Å². The van der Waals surface area contributed by atoms with Crippen molar-refractivity contribution in [3.8, 4) is 5.75 Å². The van der Waals surface area contributed by atoms with Crippen LogP contribution in [0.25, 0.3) is 6.08 Å². The first-order chi connectivity index (χ1) is 14.5. The molecule has 0 spiro atoms. The number of hydrogen-bond acceptors (Lipinski definition) is 4. The highest BCUT2D eigenvalue weighted by atomic mass is 16.5. The number of methoxy groups -OCH3 is 1. The van der Waals surface area contributed by atoms with Crippen molar-refractivity contribution in [1.82, 2.24) is 14.9 Å². The number of carbonyl (C=O) groups is 2. The Hall–Kier alpha value is -3.87. The molecule has 0 saturated heterocycles. The fourth-order valence-corrected chi connectivity index (χ4v) is 3.02. The minimum absolute atomic E-state index is 0.129. The molecule has 7 heteroatoms. The average Bonchev–Trinajstić information content (AvgIpc) is 3.16. The van der Waals surface area contributed by atoms with Gasteiger partial charge in [0.15, 0.2) is 0 Å². The van der Waals surface area contributed by atoms with Crippen LogP contribution in [0.2, 0.25) is 0 Å². The number of carbonyl (C=O) groups excluding carboxylic acids is 2. The molecule has 2 amide bonds. The minimum Gasteiger partial charge on any atom is -0.497 e. The fourth-order valence-electron chi connectivity index (χ4n) is 3.02. The molecule has 0 bridgehead atoms. The van der Waals surface area contributed by atoms with Gasteiger partial charge in [0.1, 0.15) is 17.6 Å². The van der Waals surface area contributed by atoms with Gasteiger partial charge in [-0.1, -0.05) is 24.3 Å². The van der Waals surface area contributed by atoms with Crippen LogP contribution in [0.15, 0.2) is 67.0 Å². The lowest BCUT2D eigenvalue weighted by atomic mass is 10.1. The van der Waals surface area contributed by atoms with Crippen LogP contribution in [0.1, 0.15) is 29.9 Å². The lowest BCUT2D eigenvalue weighted by Crippen LogP contribution is -2.29. The zero-order valence-electron chi connectivity index (χ0n) is 17.1. The van der Waals surface area contributed by atoms with E-state index in [1.165, 1.54) is 13.0 Å². The summed E-state index contributed by atoms with van der Waals surface area (Å²) >= 11 is 0. The average molecular weight is 404 g/mol. The highest BCUT2D eigenvalue weighted by Gasteiger charge is 2.20. The first-order valence-electron chi connectivity index (χ1n) is 9.43.